The fraction of sp³-hybridized carbons (Fsp3) is 1.00. The Morgan fingerprint density at radius 2 is 1.80 bits per heavy atom. The minimum Gasteiger partial charge on any atom is -0.375 e. The van der Waals surface area contributed by atoms with Crippen LogP contribution in [-0.4, -0.2) is 32.7 Å². The second kappa shape index (κ2) is 9.04. The number of rotatable bonds is 9. The topological polar surface area (TPSA) is 21.3 Å². The number of ether oxygens (including phenoxy) is 1. The third kappa shape index (κ3) is 6.79. The quantitative estimate of drug-likeness (QED) is 0.607. The number of hydrogen-bond acceptors (Lipinski definition) is 2. The van der Waals surface area contributed by atoms with Crippen LogP contribution in [0.1, 0.15) is 33.1 Å². The molecule has 1 atom stereocenters. The van der Waals surface area contributed by atoms with Crippen LogP contribution in [-0.2, 0) is 4.74 Å². The highest BCUT2D eigenvalue weighted by atomic mass is 19.3. The van der Waals surface area contributed by atoms with E-state index in [-0.39, 0.29) is 0 Å². The van der Waals surface area contributed by atoms with Gasteiger partial charge >= 0.3 is 0 Å². The lowest BCUT2D eigenvalue weighted by Crippen LogP contribution is -2.34. The van der Waals surface area contributed by atoms with Crippen molar-refractivity contribution in [3.8, 4) is 0 Å². The summed E-state index contributed by atoms with van der Waals surface area (Å²) in [6, 6.07) is 0.373. The number of hydrogen-bond donors (Lipinski definition) is 1. The molecule has 0 heterocycles. The molecule has 0 aliphatic carbocycles. The molecule has 0 radical (unpaired) electrons. The fourth-order valence-electron chi connectivity index (χ4n) is 1.86. The predicted molar refractivity (Wildman–Crippen MR) is 58.4 cm³/mol. The van der Waals surface area contributed by atoms with Crippen molar-refractivity contribution in [3.05, 3.63) is 0 Å². The van der Waals surface area contributed by atoms with Crippen molar-refractivity contribution in [2.24, 2.45) is 5.92 Å². The van der Waals surface area contributed by atoms with E-state index in [1.807, 2.05) is 7.05 Å². The zero-order valence-electron chi connectivity index (χ0n) is 9.93. The summed E-state index contributed by atoms with van der Waals surface area (Å²) < 4.78 is 28.5. The number of alkyl halides is 2. The zero-order valence-corrected chi connectivity index (χ0v) is 9.93. The van der Waals surface area contributed by atoms with E-state index >= 15 is 0 Å². The molecule has 0 spiro atoms. The first-order valence-electron chi connectivity index (χ1n) is 5.68. The Morgan fingerprint density at radius 3 is 2.20 bits per heavy atom. The molecule has 0 aliphatic heterocycles. The maximum atomic E-state index is 11.8. The number of halogens is 2. The molecule has 0 bridgehead atoms. The molecule has 4 heteroatoms. The van der Waals surface area contributed by atoms with E-state index in [4.69, 9.17) is 4.74 Å². The summed E-state index contributed by atoms with van der Waals surface area (Å²) in [5.41, 5.74) is 0. The van der Waals surface area contributed by atoms with Gasteiger partial charge in [0, 0.05) is 12.6 Å². The van der Waals surface area contributed by atoms with Gasteiger partial charge in [-0.3, -0.25) is 0 Å². The molecular weight excluding hydrogens is 200 g/mol. The molecule has 0 saturated carbocycles. The smallest absolute Gasteiger partial charge is 0.261 e. The van der Waals surface area contributed by atoms with Crippen molar-refractivity contribution in [2.75, 3.05) is 20.3 Å². The SMILES string of the molecule is CCC(CC)C(CCOCC(F)F)NC. The highest BCUT2D eigenvalue weighted by molar-refractivity contribution is 4.72. The molecule has 92 valence electrons. The van der Waals surface area contributed by atoms with E-state index in [0.717, 1.165) is 19.3 Å². The molecule has 0 saturated heterocycles. The molecule has 15 heavy (non-hydrogen) atoms. The third-order valence-electron chi connectivity index (χ3n) is 2.81. The van der Waals surface area contributed by atoms with Crippen molar-refractivity contribution in [1.29, 1.82) is 0 Å². The lowest BCUT2D eigenvalue weighted by Gasteiger charge is -2.24. The van der Waals surface area contributed by atoms with Gasteiger partial charge in [0.05, 0.1) is 0 Å². The highest BCUT2D eigenvalue weighted by Crippen LogP contribution is 2.15. The van der Waals surface area contributed by atoms with Crippen molar-refractivity contribution >= 4 is 0 Å². The second-order valence-electron chi connectivity index (χ2n) is 3.73. The molecular formula is C11H23F2NO. The number of nitrogens with one attached hydrogen (secondary N) is 1. The summed E-state index contributed by atoms with van der Waals surface area (Å²) in [4.78, 5) is 0. The Bertz CT molecular complexity index is 141. The standard InChI is InChI=1S/C11H23F2NO/c1-4-9(5-2)10(14-3)6-7-15-8-11(12)13/h9-11,14H,4-8H2,1-3H3. The van der Waals surface area contributed by atoms with E-state index < -0.39 is 13.0 Å². The van der Waals surface area contributed by atoms with Gasteiger partial charge in [-0.1, -0.05) is 26.7 Å². The Morgan fingerprint density at radius 1 is 1.20 bits per heavy atom. The average molecular weight is 223 g/mol. The first kappa shape index (κ1) is 14.8. The van der Waals surface area contributed by atoms with Crippen LogP contribution >= 0.6 is 0 Å². The van der Waals surface area contributed by atoms with Crippen LogP contribution in [0.5, 0.6) is 0 Å². The van der Waals surface area contributed by atoms with Crippen molar-refractivity contribution in [1.82, 2.24) is 5.32 Å². The van der Waals surface area contributed by atoms with Crippen LogP contribution in [0, 0.1) is 5.92 Å². The maximum absolute atomic E-state index is 11.8. The van der Waals surface area contributed by atoms with Crippen LogP contribution in [0.2, 0.25) is 0 Å². The highest BCUT2D eigenvalue weighted by Gasteiger charge is 2.16. The van der Waals surface area contributed by atoms with Gasteiger partial charge in [0.2, 0.25) is 0 Å². The Balaban J connectivity index is 3.69. The average Bonchev–Trinajstić information content (AvgIpc) is 2.22. The van der Waals surface area contributed by atoms with E-state index in [2.05, 4.69) is 19.2 Å². The second-order valence-corrected chi connectivity index (χ2v) is 3.73. The van der Waals surface area contributed by atoms with Crippen molar-refractivity contribution < 1.29 is 13.5 Å². The summed E-state index contributed by atoms with van der Waals surface area (Å²) in [6.07, 6.45) is 0.662. The zero-order chi connectivity index (χ0) is 11.7. The summed E-state index contributed by atoms with van der Waals surface area (Å²) in [7, 11) is 1.91. The first-order chi connectivity index (χ1) is 7.15. The summed E-state index contributed by atoms with van der Waals surface area (Å²) in [6.45, 7) is 4.27. The van der Waals surface area contributed by atoms with Crippen molar-refractivity contribution in [3.63, 3.8) is 0 Å². The van der Waals surface area contributed by atoms with Crippen LogP contribution in [0.25, 0.3) is 0 Å². The molecule has 1 unspecified atom stereocenters. The van der Waals surface area contributed by atoms with Crippen LogP contribution < -0.4 is 5.32 Å². The predicted octanol–water partition coefficient (Wildman–Crippen LogP) is 2.68. The first-order valence-corrected chi connectivity index (χ1v) is 5.68. The molecule has 0 fully saturated rings. The third-order valence-corrected chi connectivity index (χ3v) is 2.81. The van der Waals surface area contributed by atoms with Gasteiger partial charge in [-0.05, 0) is 19.4 Å². The van der Waals surface area contributed by atoms with Gasteiger partial charge < -0.3 is 10.1 Å². The Kier molecular flexibility index (Phi) is 8.91. The lowest BCUT2D eigenvalue weighted by molar-refractivity contribution is 0.0128. The Hall–Kier alpha value is -0.220. The van der Waals surface area contributed by atoms with Crippen LogP contribution in [0.15, 0.2) is 0 Å². The molecule has 0 amide bonds. The van der Waals surface area contributed by atoms with Gasteiger partial charge in [-0.15, -0.1) is 0 Å². The van der Waals surface area contributed by atoms with E-state index in [1.165, 1.54) is 0 Å². The lowest BCUT2D eigenvalue weighted by atomic mass is 9.92. The minimum absolute atomic E-state index is 0.373. The normalized spacial score (nSPS) is 13.8. The fourth-order valence-corrected chi connectivity index (χ4v) is 1.86. The van der Waals surface area contributed by atoms with E-state index in [9.17, 15) is 8.78 Å². The van der Waals surface area contributed by atoms with Crippen LogP contribution in [0.3, 0.4) is 0 Å². The molecule has 0 aromatic rings. The van der Waals surface area contributed by atoms with E-state index in [0.29, 0.717) is 18.6 Å². The van der Waals surface area contributed by atoms with Gasteiger partial charge in [0.15, 0.2) is 0 Å². The molecule has 0 aromatic carbocycles. The maximum Gasteiger partial charge on any atom is 0.261 e. The van der Waals surface area contributed by atoms with E-state index in [1.54, 1.807) is 0 Å². The van der Waals surface area contributed by atoms with Crippen molar-refractivity contribution in [2.45, 2.75) is 45.6 Å². The molecule has 0 aliphatic rings. The van der Waals surface area contributed by atoms with Gasteiger partial charge in [-0.2, -0.15) is 0 Å². The summed E-state index contributed by atoms with van der Waals surface area (Å²) in [5.74, 6) is 0.602. The summed E-state index contributed by atoms with van der Waals surface area (Å²) in [5, 5.41) is 3.22. The molecule has 1 N–H and O–H groups in total. The van der Waals surface area contributed by atoms with Gasteiger partial charge in [-0.25, -0.2) is 8.78 Å². The molecule has 0 aromatic heterocycles. The minimum atomic E-state index is -2.36. The largest absolute Gasteiger partial charge is 0.375 e. The van der Waals surface area contributed by atoms with Gasteiger partial charge in [0.25, 0.3) is 6.43 Å². The monoisotopic (exact) mass is 223 g/mol. The summed E-state index contributed by atoms with van der Waals surface area (Å²) >= 11 is 0. The molecule has 2 nitrogen and oxygen atoms in total. The molecule has 0 rings (SSSR count). The Labute approximate surface area is 91.4 Å². The van der Waals surface area contributed by atoms with Gasteiger partial charge in [0.1, 0.15) is 6.61 Å². The van der Waals surface area contributed by atoms with Crippen LogP contribution in [0.4, 0.5) is 8.78 Å².